The van der Waals surface area contributed by atoms with Gasteiger partial charge in [0.1, 0.15) is 5.82 Å². The number of amides is 1. The number of piperazine rings is 1. The zero-order valence-electron chi connectivity index (χ0n) is 13.5. The molecule has 128 valence electrons. The highest BCUT2D eigenvalue weighted by molar-refractivity contribution is 5.85. The first kappa shape index (κ1) is 18.0. The third kappa shape index (κ3) is 4.15. The van der Waals surface area contributed by atoms with Crippen LogP contribution in [0, 0.1) is 11.7 Å². The first-order valence-electron chi connectivity index (χ1n) is 8.17. The molecule has 0 spiro atoms. The Morgan fingerprint density at radius 1 is 1.22 bits per heavy atom. The van der Waals surface area contributed by atoms with Gasteiger partial charge in [-0.05, 0) is 37.4 Å². The molecule has 23 heavy (non-hydrogen) atoms. The average Bonchev–Trinajstić information content (AvgIpc) is 2.55. The van der Waals surface area contributed by atoms with E-state index in [9.17, 15) is 9.18 Å². The number of carbonyl (C=O) groups excluding carboxylic acids is 1. The van der Waals surface area contributed by atoms with Crippen molar-refractivity contribution in [2.45, 2.75) is 25.8 Å². The van der Waals surface area contributed by atoms with Crippen LogP contribution in [-0.4, -0.2) is 49.6 Å². The lowest BCUT2D eigenvalue weighted by Crippen LogP contribution is -2.55. The zero-order valence-corrected chi connectivity index (χ0v) is 14.3. The maximum atomic E-state index is 13.8. The topological polar surface area (TPSA) is 35.6 Å². The van der Waals surface area contributed by atoms with E-state index in [0.29, 0.717) is 37.8 Å². The van der Waals surface area contributed by atoms with Crippen LogP contribution < -0.4 is 10.2 Å². The Morgan fingerprint density at radius 3 is 2.57 bits per heavy atom. The maximum Gasteiger partial charge on any atom is 0.239 e. The molecule has 3 rings (SSSR count). The fourth-order valence-corrected chi connectivity index (χ4v) is 3.39. The number of carbonyl (C=O) groups is 1. The quantitative estimate of drug-likeness (QED) is 0.896. The number of para-hydroxylation sites is 1. The minimum atomic E-state index is -0.190. The van der Waals surface area contributed by atoms with Gasteiger partial charge in [0.15, 0.2) is 0 Å². The largest absolute Gasteiger partial charge is 0.366 e. The molecule has 0 radical (unpaired) electrons. The normalized spacial score (nSPS) is 25.0. The van der Waals surface area contributed by atoms with Gasteiger partial charge in [0.25, 0.3) is 0 Å². The van der Waals surface area contributed by atoms with E-state index in [-0.39, 0.29) is 30.2 Å². The SMILES string of the molecule is CC1CCNC(C(=O)N2CCN(c3ccccc3F)CC2)C1.Cl. The van der Waals surface area contributed by atoms with E-state index in [1.54, 1.807) is 12.1 Å². The summed E-state index contributed by atoms with van der Waals surface area (Å²) in [7, 11) is 0. The summed E-state index contributed by atoms with van der Waals surface area (Å²) in [6.07, 6.45) is 2.07. The number of piperidine rings is 1. The van der Waals surface area contributed by atoms with E-state index in [1.807, 2.05) is 15.9 Å². The van der Waals surface area contributed by atoms with E-state index in [0.717, 1.165) is 19.4 Å². The van der Waals surface area contributed by atoms with Gasteiger partial charge in [-0.3, -0.25) is 4.79 Å². The second-order valence-corrected chi connectivity index (χ2v) is 6.40. The zero-order chi connectivity index (χ0) is 15.5. The lowest BCUT2D eigenvalue weighted by Gasteiger charge is -2.39. The smallest absolute Gasteiger partial charge is 0.239 e. The van der Waals surface area contributed by atoms with Gasteiger partial charge < -0.3 is 15.1 Å². The molecule has 2 aliphatic rings. The van der Waals surface area contributed by atoms with Crippen molar-refractivity contribution in [1.82, 2.24) is 10.2 Å². The molecule has 1 aromatic rings. The van der Waals surface area contributed by atoms with Gasteiger partial charge in [-0.15, -0.1) is 12.4 Å². The first-order chi connectivity index (χ1) is 10.6. The number of rotatable bonds is 2. The minimum absolute atomic E-state index is 0. The highest BCUT2D eigenvalue weighted by Gasteiger charge is 2.30. The first-order valence-corrected chi connectivity index (χ1v) is 8.17. The van der Waals surface area contributed by atoms with Crippen LogP contribution in [0.5, 0.6) is 0 Å². The van der Waals surface area contributed by atoms with E-state index >= 15 is 0 Å². The standard InChI is InChI=1S/C17H24FN3O.ClH/c1-13-6-7-19-15(12-13)17(22)21-10-8-20(9-11-21)16-5-3-2-4-14(16)18;/h2-5,13,15,19H,6-12H2,1H3;1H. The Hall–Kier alpha value is -1.33. The lowest BCUT2D eigenvalue weighted by molar-refractivity contribution is -0.134. The molecule has 2 heterocycles. The van der Waals surface area contributed by atoms with Gasteiger partial charge in [-0.1, -0.05) is 19.1 Å². The van der Waals surface area contributed by atoms with Crippen LogP contribution in [-0.2, 0) is 4.79 Å². The van der Waals surface area contributed by atoms with Crippen LogP contribution >= 0.6 is 12.4 Å². The third-order valence-electron chi connectivity index (χ3n) is 4.75. The molecule has 2 fully saturated rings. The fourth-order valence-electron chi connectivity index (χ4n) is 3.39. The molecular formula is C17H25ClFN3O. The summed E-state index contributed by atoms with van der Waals surface area (Å²) in [6.45, 7) is 5.84. The number of benzene rings is 1. The highest BCUT2D eigenvalue weighted by Crippen LogP contribution is 2.21. The van der Waals surface area contributed by atoms with Crippen molar-refractivity contribution in [3.8, 4) is 0 Å². The van der Waals surface area contributed by atoms with Gasteiger partial charge in [-0.25, -0.2) is 4.39 Å². The molecule has 1 amide bonds. The van der Waals surface area contributed by atoms with Gasteiger partial charge in [-0.2, -0.15) is 0 Å². The monoisotopic (exact) mass is 341 g/mol. The number of nitrogens with zero attached hydrogens (tertiary/aromatic N) is 2. The van der Waals surface area contributed by atoms with E-state index in [2.05, 4.69) is 12.2 Å². The molecule has 2 aliphatic heterocycles. The Bertz CT molecular complexity index is 534. The van der Waals surface area contributed by atoms with Gasteiger partial charge in [0, 0.05) is 26.2 Å². The highest BCUT2D eigenvalue weighted by atomic mass is 35.5. The lowest BCUT2D eigenvalue weighted by atomic mass is 9.93. The molecule has 0 saturated carbocycles. The summed E-state index contributed by atoms with van der Waals surface area (Å²) >= 11 is 0. The summed E-state index contributed by atoms with van der Waals surface area (Å²) < 4.78 is 13.8. The summed E-state index contributed by atoms with van der Waals surface area (Å²) in [6, 6.07) is 6.80. The van der Waals surface area contributed by atoms with E-state index in [4.69, 9.17) is 0 Å². The minimum Gasteiger partial charge on any atom is -0.366 e. The number of hydrogen-bond donors (Lipinski definition) is 1. The van der Waals surface area contributed by atoms with E-state index in [1.165, 1.54) is 6.07 Å². The molecule has 2 atom stereocenters. The average molecular weight is 342 g/mol. The van der Waals surface area contributed by atoms with Crippen LogP contribution in [0.15, 0.2) is 24.3 Å². The van der Waals surface area contributed by atoms with Crippen LogP contribution in [0.25, 0.3) is 0 Å². The number of anilines is 1. The summed E-state index contributed by atoms with van der Waals surface area (Å²) in [4.78, 5) is 16.5. The van der Waals surface area contributed by atoms with Crippen molar-refractivity contribution in [2.24, 2.45) is 5.92 Å². The van der Waals surface area contributed by atoms with Gasteiger partial charge in [0.2, 0.25) is 5.91 Å². The Kier molecular flexibility index (Phi) is 6.25. The second-order valence-electron chi connectivity index (χ2n) is 6.40. The molecule has 4 nitrogen and oxygen atoms in total. The van der Waals surface area contributed by atoms with Crippen molar-refractivity contribution in [2.75, 3.05) is 37.6 Å². The Morgan fingerprint density at radius 2 is 1.91 bits per heavy atom. The van der Waals surface area contributed by atoms with E-state index < -0.39 is 0 Å². The number of halogens is 2. The summed E-state index contributed by atoms with van der Waals surface area (Å²) in [5, 5.41) is 3.33. The molecule has 6 heteroatoms. The molecule has 1 aromatic carbocycles. The Labute approximate surface area is 143 Å². The van der Waals surface area contributed by atoms with Crippen LogP contribution in [0.1, 0.15) is 19.8 Å². The molecule has 2 saturated heterocycles. The maximum absolute atomic E-state index is 13.8. The molecule has 0 aliphatic carbocycles. The number of nitrogens with one attached hydrogen (secondary N) is 1. The third-order valence-corrected chi connectivity index (χ3v) is 4.75. The van der Waals surface area contributed by atoms with Crippen molar-refractivity contribution >= 4 is 24.0 Å². The Balaban J connectivity index is 0.00000192. The van der Waals surface area contributed by atoms with Crippen molar-refractivity contribution in [3.05, 3.63) is 30.1 Å². The van der Waals surface area contributed by atoms with Crippen LogP contribution in [0.4, 0.5) is 10.1 Å². The molecular weight excluding hydrogens is 317 g/mol. The summed E-state index contributed by atoms with van der Waals surface area (Å²) in [5.74, 6) is 0.625. The summed E-state index contributed by atoms with van der Waals surface area (Å²) in [5.41, 5.74) is 0.638. The molecule has 2 unspecified atom stereocenters. The number of hydrogen-bond acceptors (Lipinski definition) is 3. The fraction of sp³-hybridized carbons (Fsp3) is 0.588. The van der Waals surface area contributed by atoms with Crippen LogP contribution in [0.3, 0.4) is 0 Å². The van der Waals surface area contributed by atoms with Crippen molar-refractivity contribution < 1.29 is 9.18 Å². The van der Waals surface area contributed by atoms with Crippen molar-refractivity contribution in [1.29, 1.82) is 0 Å². The van der Waals surface area contributed by atoms with Crippen molar-refractivity contribution in [3.63, 3.8) is 0 Å². The molecule has 0 bridgehead atoms. The predicted molar refractivity (Wildman–Crippen MR) is 92.6 cm³/mol. The van der Waals surface area contributed by atoms with Crippen LogP contribution in [0.2, 0.25) is 0 Å². The predicted octanol–water partition coefficient (Wildman–Crippen LogP) is 2.28. The van der Waals surface area contributed by atoms with Gasteiger partial charge >= 0.3 is 0 Å². The second kappa shape index (κ2) is 7.97. The molecule has 0 aromatic heterocycles. The molecule has 1 N–H and O–H groups in total. The van der Waals surface area contributed by atoms with Gasteiger partial charge in [0.05, 0.1) is 11.7 Å².